The fraction of sp³-hybridized carbons (Fsp3) is 0.667. The number of piperidine rings is 1. The van der Waals surface area contributed by atoms with Gasteiger partial charge in [-0.15, -0.1) is 0 Å². The zero-order chi connectivity index (χ0) is 15.4. The number of halogens is 1. The van der Waals surface area contributed by atoms with Gasteiger partial charge in [0, 0.05) is 19.1 Å². The number of anilines is 1. The van der Waals surface area contributed by atoms with Gasteiger partial charge in [0.25, 0.3) is 0 Å². The summed E-state index contributed by atoms with van der Waals surface area (Å²) in [6.45, 7) is 12.3. The van der Waals surface area contributed by atoms with Crippen LogP contribution in [0.2, 0.25) is 5.02 Å². The zero-order valence-corrected chi connectivity index (χ0v) is 14.6. The largest absolute Gasteiger partial charge is 0.367 e. The Morgan fingerprint density at radius 2 is 2.05 bits per heavy atom. The summed E-state index contributed by atoms with van der Waals surface area (Å²) in [7, 11) is 0. The molecule has 3 atom stereocenters. The minimum Gasteiger partial charge on any atom is -0.367 e. The average Bonchev–Trinajstić information content (AvgIpc) is 2.44. The number of hydrogen-bond acceptors (Lipinski definition) is 2. The lowest BCUT2D eigenvalue weighted by Gasteiger charge is -2.43. The molecule has 1 fully saturated rings. The smallest absolute Gasteiger partial charge is 0.0643 e. The summed E-state index contributed by atoms with van der Waals surface area (Å²) in [5.74, 6) is 1.44. The third-order valence-corrected chi connectivity index (χ3v) is 5.00. The van der Waals surface area contributed by atoms with Crippen LogP contribution in [0.1, 0.15) is 46.1 Å². The normalized spacial score (nSPS) is 26.1. The summed E-state index contributed by atoms with van der Waals surface area (Å²) in [6, 6.07) is 6.85. The minimum absolute atomic E-state index is 0.547. The number of nitrogens with zero attached hydrogens (tertiary/aromatic N) is 1. The second-order valence-corrected chi connectivity index (χ2v) is 7.04. The lowest BCUT2D eigenvalue weighted by molar-refractivity contribution is 0.296. The van der Waals surface area contributed by atoms with Crippen molar-refractivity contribution in [3.05, 3.63) is 28.8 Å². The molecular weight excluding hydrogens is 280 g/mol. The molecule has 0 aliphatic carbocycles. The first-order valence-corrected chi connectivity index (χ1v) is 8.67. The third-order valence-electron chi connectivity index (χ3n) is 4.70. The first-order valence-electron chi connectivity index (χ1n) is 8.29. The molecule has 21 heavy (non-hydrogen) atoms. The highest BCUT2D eigenvalue weighted by Gasteiger charge is 2.30. The third kappa shape index (κ3) is 3.92. The van der Waals surface area contributed by atoms with Gasteiger partial charge in [-0.2, -0.15) is 0 Å². The molecule has 118 valence electrons. The Kier molecular flexibility index (Phi) is 5.95. The van der Waals surface area contributed by atoms with Crippen molar-refractivity contribution in [3.8, 4) is 0 Å². The maximum atomic E-state index is 6.57. The monoisotopic (exact) mass is 308 g/mol. The number of hydrogen-bond donors (Lipinski definition) is 1. The lowest BCUT2D eigenvalue weighted by atomic mass is 9.85. The van der Waals surface area contributed by atoms with Crippen LogP contribution < -0.4 is 10.2 Å². The summed E-state index contributed by atoms with van der Waals surface area (Å²) in [5.41, 5.74) is 2.57. The van der Waals surface area contributed by atoms with Gasteiger partial charge in [0.05, 0.1) is 10.7 Å². The van der Waals surface area contributed by atoms with E-state index in [9.17, 15) is 0 Å². The average molecular weight is 309 g/mol. The van der Waals surface area contributed by atoms with Crippen LogP contribution in [-0.2, 0) is 6.54 Å². The van der Waals surface area contributed by atoms with Crippen molar-refractivity contribution >= 4 is 17.3 Å². The summed E-state index contributed by atoms with van der Waals surface area (Å²) in [6.07, 6.45) is 2.47. The predicted molar refractivity (Wildman–Crippen MR) is 93.2 cm³/mol. The first kappa shape index (κ1) is 16.6. The molecule has 1 heterocycles. The Labute approximate surface area is 134 Å². The van der Waals surface area contributed by atoms with Crippen molar-refractivity contribution in [2.75, 3.05) is 18.0 Å². The van der Waals surface area contributed by atoms with Crippen LogP contribution in [0.4, 0.5) is 5.69 Å². The maximum absolute atomic E-state index is 6.57. The molecule has 3 heteroatoms. The molecule has 0 saturated carbocycles. The predicted octanol–water partition coefficient (Wildman–Crippen LogP) is 4.71. The molecule has 0 radical (unpaired) electrons. The molecular formula is C18H29ClN2. The molecule has 1 saturated heterocycles. The number of rotatable bonds is 5. The van der Waals surface area contributed by atoms with Crippen LogP contribution in [0, 0.1) is 11.8 Å². The SMILES string of the molecule is CCCNCc1cccc(Cl)c1N1CC(C)CC(C)C1C. The van der Waals surface area contributed by atoms with E-state index in [2.05, 4.69) is 50.0 Å². The van der Waals surface area contributed by atoms with Crippen molar-refractivity contribution in [1.82, 2.24) is 5.32 Å². The standard InChI is InChI=1S/C18H29ClN2/c1-5-9-20-11-16-7-6-8-17(19)18(16)21-12-13(2)10-14(3)15(21)4/h6-8,13-15,20H,5,9-12H2,1-4H3. The Hall–Kier alpha value is -0.730. The molecule has 0 aromatic heterocycles. The fourth-order valence-corrected chi connectivity index (χ4v) is 3.74. The number of benzene rings is 1. The fourth-order valence-electron chi connectivity index (χ4n) is 3.43. The van der Waals surface area contributed by atoms with Crippen molar-refractivity contribution in [2.24, 2.45) is 11.8 Å². The van der Waals surface area contributed by atoms with Crippen LogP contribution >= 0.6 is 11.6 Å². The molecule has 0 spiro atoms. The van der Waals surface area contributed by atoms with Gasteiger partial charge in [0.2, 0.25) is 0 Å². The Morgan fingerprint density at radius 3 is 2.76 bits per heavy atom. The molecule has 0 amide bonds. The van der Waals surface area contributed by atoms with Gasteiger partial charge >= 0.3 is 0 Å². The molecule has 1 aromatic rings. The van der Waals surface area contributed by atoms with Gasteiger partial charge in [-0.3, -0.25) is 0 Å². The minimum atomic E-state index is 0.547. The Bertz CT molecular complexity index is 461. The van der Waals surface area contributed by atoms with Crippen LogP contribution in [0.25, 0.3) is 0 Å². The van der Waals surface area contributed by atoms with Crippen LogP contribution in [0.5, 0.6) is 0 Å². The highest BCUT2D eigenvalue weighted by Crippen LogP contribution is 2.37. The summed E-state index contributed by atoms with van der Waals surface area (Å²) < 4.78 is 0. The molecule has 1 N–H and O–H groups in total. The van der Waals surface area contributed by atoms with E-state index in [0.717, 1.165) is 37.0 Å². The van der Waals surface area contributed by atoms with Crippen molar-refractivity contribution in [3.63, 3.8) is 0 Å². The van der Waals surface area contributed by atoms with Gasteiger partial charge in [-0.05, 0) is 49.8 Å². The second kappa shape index (κ2) is 7.51. The van der Waals surface area contributed by atoms with Gasteiger partial charge in [0.1, 0.15) is 0 Å². The van der Waals surface area contributed by atoms with Gasteiger partial charge < -0.3 is 10.2 Å². The maximum Gasteiger partial charge on any atom is 0.0643 e. The summed E-state index contributed by atoms with van der Waals surface area (Å²) in [5, 5.41) is 4.40. The van der Waals surface area contributed by atoms with Gasteiger partial charge in [-0.25, -0.2) is 0 Å². The van der Waals surface area contributed by atoms with Crippen LogP contribution in [0.15, 0.2) is 18.2 Å². The molecule has 1 aliphatic rings. The summed E-state index contributed by atoms with van der Waals surface area (Å²) in [4.78, 5) is 2.53. The summed E-state index contributed by atoms with van der Waals surface area (Å²) >= 11 is 6.57. The van der Waals surface area contributed by atoms with E-state index in [-0.39, 0.29) is 0 Å². The number of nitrogens with one attached hydrogen (secondary N) is 1. The first-order chi connectivity index (χ1) is 10.0. The second-order valence-electron chi connectivity index (χ2n) is 6.64. The van der Waals surface area contributed by atoms with Gasteiger partial charge in [0.15, 0.2) is 0 Å². The molecule has 0 bridgehead atoms. The van der Waals surface area contributed by atoms with Crippen molar-refractivity contribution in [1.29, 1.82) is 0 Å². The molecule has 1 aromatic carbocycles. The highest BCUT2D eigenvalue weighted by molar-refractivity contribution is 6.33. The van der Waals surface area contributed by atoms with E-state index in [1.165, 1.54) is 17.7 Å². The molecule has 2 nitrogen and oxygen atoms in total. The van der Waals surface area contributed by atoms with E-state index >= 15 is 0 Å². The van der Waals surface area contributed by atoms with E-state index in [0.29, 0.717) is 12.0 Å². The molecule has 3 unspecified atom stereocenters. The molecule has 2 rings (SSSR count). The van der Waals surface area contributed by atoms with E-state index < -0.39 is 0 Å². The van der Waals surface area contributed by atoms with E-state index in [1.54, 1.807) is 0 Å². The van der Waals surface area contributed by atoms with Crippen molar-refractivity contribution in [2.45, 2.75) is 53.1 Å². The van der Waals surface area contributed by atoms with Crippen LogP contribution in [-0.4, -0.2) is 19.1 Å². The van der Waals surface area contributed by atoms with E-state index in [1.807, 2.05) is 6.07 Å². The van der Waals surface area contributed by atoms with Crippen LogP contribution in [0.3, 0.4) is 0 Å². The quantitative estimate of drug-likeness (QED) is 0.792. The zero-order valence-electron chi connectivity index (χ0n) is 13.8. The Morgan fingerprint density at radius 1 is 1.29 bits per heavy atom. The van der Waals surface area contributed by atoms with E-state index in [4.69, 9.17) is 11.6 Å². The number of para-hydroxylation sites is 1. The lowest BCUT2D eigenvalue weighted by Crippen LogP contribution is -2.46. The van der Waals surface area contributed by atoms with Gasteiger partial charge in [-0.1, -0.05) is 44.5 Å². The molecule has 1 aliphatic heterocycles. The Balaban J connectivity index is 2.28. The highest BCUT2D eigenvalue weighted by atomic mass is 35.5. The topological polar surface area (TPSA) is 15.3 Å². The van der Waals surface area contributed by atoms with Crippen molar-refractivity contribution < 1.29 is 0 Å².